The molecule has 0 heterocycles. The lowest BCUT2D eigenvalue weighted by Crippen LogP contribution is -2.47. The summed E-state index contributed by atoms with van der Waals surface area (Å²) in [5.41, 5.74) is 0.462. The molecule has 0 amide bonds. The van der Waals surface area contributed by atoms with Crippen molar-refractivity contribution in [1.82, 2.24) is 0 Å². The maximum Gasteiger partial charge on any atom is 0.306 e. The van der Waals surface area contributed by atoms with E-state index in [1.165, 1.54) is 116 Å². The molecule has 12 rings (SSSR count). The van der Waals surface area contributed by atoms with Gasteiger partial charge in [-0.25, -0.2) is 0 Å². The Balaban J connectivity index is 0.696. The van der Waals surface area contributed by atoms with Crippen LogP contribution in [0.4, 0.5) is 0 Å². The van der Waals surface area contributed by atoms with Gasteiger partial charge in [-0.05, 0) is 192 Å². The van der Waals surface area contributed by atoms with Crippen LogP contribution in [0, 0.1) is 69.5 Å². The molecule has 0 N–H and O–H groups in total. The predicted molar refractivity (Wildman–Crippen MR) is 226 cm³/mol. The highest BCUT2D eigenvalue weighted by Crippen LogP contribution is 2.63. The summed E-state index contributed by atoms with van der Waals surface area (Å²) in [6, 6.07) is 0. The second-order valence-electron chi connectivity index (χ2n) is 22.7. The fraction of sp³-hybridized carbons (Fsp3) is 0.940. The molecule has 0 aliphatic heterocycles. The lowest BCUT2D eigenvalue weighted by molar-refractivity contribution is -0.158. The molecule has 0 saturated heterocycles. The van der Waals surface area contributed by atoms with Crippen LogP contribution in [0.3, 0.4) is 0 Å². The standard InChI is InChI=1S/C50H78O11/c1-2-54-30-43(57-5-7-60-46(52)28-49-21-37-12-38(22-49)14-39(13-37)23-49)32-56-33-44(58-6-8-61-47(53)29-50-24-40-15-41(25-50)17-42(16-40)26-50)31-55-3-4-59-45(51)27-48-18-34-9-35(19-48)11-36(10-34)20-48/h34-44H,2-33H2,1H3. The molecule has 12 aliphatic rings. The molecular weight excluding hydrogens is 777 g/mol. The summed E-state index contributed by atoms with van der Waals surface area (Å²) < 4.78 is 47.3. The fourth-order valence-corrected chi connectivity index (χ4v) is 16.6. The Morgan fingerprint density at radius 2 is 0.672 bits per heavy atom. The maximum atomic E-state index is 13.1. The zero-order valence-corrected chi connectivity index (χ0v) is 37.5. The SMILES string of the molecule is CCOCC(COCC(COCCOC(=O)CC12CC3CC(CC(C3)C1)C2)OCCOC(=O)CC12CC3CC(CC(C3)C1)C2)OCCOC(=O)CC12CC3CC(CC(C3)C1)C2. The molecule has 12 bridgehead atoms. The Bertz CT molecular complexity index is 1390. The van der Waals surface area contributed by atoms with Gasteiger partial charge in [0, 0.05) is 6.61 Å². The Morgan fingerprint density at radius 1 is 0.393 bits per heavy atom. The van der Waals surface area contributed by atoms with Crippen molar-refractivity contribution in [2.75, 3.05) is 72.7 Å². The van der Waals surface area contributed by atoms with Gasteiger partial charge in [-0.2, -0.15) is 0 Å². The van der Waals surface area contributed by atoms with Gasteiger partial charge in [0.2, 0.25) is 0 Å². The van der Waals surface area contributed by atoms with Gasteiger partial charge in [-0.15, -0.1) is 0 Å². The van der Waals surface area contributed by atoms with Crippen LogP contribution < -0.4 is 0 Å². The van der Waals surface area contributed by atoms with Crippen LogP contribution in [-0.4, -0.2) is 103 Å². The number of rotatable bonds is 26. The molecule has 0 aromatic carbocycles. The quantitative estimate of drug-likeness (QED) is 0.0475. The maximum absolute atomic E-state index is 13.1. The van der Waals surface area contributed by atoms with Crippen molar-refractivity contribution in [3.63, 3.8) is 0 Å². The topological polar surface area (TPSA) is 125 Å². The van der Waals surface area contributed by atoms with E-state index in [4.69, 9.17) is 37.9 Å². The summed E-state index contributed by atoms with van der Waals surface area (Å²) in [6.45, 7) is 4.96. The number of esters is 3. The van der Waals surface area contributed by atoms with Crippen molar-refractivity contribution >= 4 is 17.9 Å². The summed E-state index contributed by atoms with van der Waals surface area (Å²) in [7, 11) is 0. The van der Waals surface area contributed by atoms with Crippen LogP contribution >= 0.6 is 0 Å². The number of ether oxygens (including phenoxy) is 8. The second kappa shape index (κ2) is 19.8. The first-order valence-electron chi connectivity index (χ1n) is 25.0. The second-order valence-corrected chi connectivity index (χ2v) is 22.7. The molecule has 11 nitrogen and oxygen atoms in total. The first-order chi connectivity index (χ1) is 29.6. The number of carbonyl (C=O) groups excluding carboxylic acids is 3. The lowest BCUT2D eigenvalue weighted by Gasteiger charge is -2.56. The lowest BCUT2D eigenvalue weighted by atomic mass is 9.49. The van der Waals surface area contributed by atoms with Gasteiger partial charge in [0.05, 0.1) is 65.5 Å². The monoisotopic (exact) mass is 855 g/mol. The average molecular weight is 855 g/mol. The third-order valence-electron chi connectivity index (χ3n) is 17.4. The van der Waals surface area contributed by atoms with Gasteiger partial charge in [0.15, 0.2) is 0 Å². The van der Waals surface area contributed by atoms with Crippen molar-refractivity contribution in [3.8, 4) is 0 Å². The number of hydrogen-bond donors (Lipinski definition) is 0. The zero-order chi connectivity index (χ0) is 41.9. The Hall–Kier alpha value is -1.79. The van der Waals surface area contributed by atoms with Crippen LogP contribution in [0.15, 0.2) is 0 Å². The van der Waals surface area contributed by atoms with E-state index in [9.17, 15) is 14.4 Å². The highest BCUT2D eigenvalue weighted by Gasteiger charge is 2.54. The third kappa shape index (κ3) is 11.5. The van der Waals surface area contributed by atoms with E-state index in [-0.39, 0.29) is 99.7 Å². The first-order valence-corrected chi connectivity index (χ1v) is 25.0. The van der Waals surface area contributed by atoms with E-state index < -0.39 is 6.10 Å². The Kier molecular flexibility index (Phi) is 14.4. The molecule has 0 spiro atoms. The molecule has 2 unspecified atom stereocenters. The predicted octanol–water partition coefficient (Wildman–Crippen LogP) is 8.28. The van der Waals surface area contributed by atoms with Gasteiger partial charge in [0.1, 0.15) is 32.0 Å². The van der Waals surface area contributed by atoms with E-state index in [1.54, 1.807) is 0 Å². The van der Waals surface area contributed by atoms with Crippen molar-refractivity contribution in [2.45, 2.75) is 154 Å². The molecule has 61 heavy (non-hydrogen) atoms. The molecule has 344 valence electrons. The van der Waals surface area contributed by atoms with Gasteiger partial charge in [-0.3, -0.25) is 14.4 Å². The fourth-order valence-electron chi connectivity index (χ4n) is 16.6. The summed E-state index contributed by atoms with van der Waals surface area (Å²) in [5, 5.41) is 0. The highest BCUT2D eigenvalue weighted by atomic mass is 16.6. The molecular formula is C50H78O11. The van der Waals surface area contributed by atoms with Gasteiger partial charge in [-0.1, -0.05) is 0 Å². The minimum absolute atomic E-state index is 0.0982. The van der Waals surface area contributed by atoms with Crippen molar-refractivity contribution in [2.24, 2.45) is 69.5 Å². The molecule has 0 aromatic heterocycles. The zero-order valence-electron chi connectivity index (χ0n) is 37.5. The Morgan fingerprint density at radius 3 is 0.984 bits per heavy atom. The molecule has 12 fully saturated rings. The third-order valence-corrected chi connectivity index (χ3v) is 17.4. The molecule has 0 radical (unpaired) electrons. The summed E-state index contributed by atoms with van der Waals surface area (Å²) in [5.74, 6) is 6.91. The molecule has 12 saturated carbocycles. The Labute approximate surface area is 365 Å². The number of hydrogen-bond acceptors (Lipinski definition) is 11. The largest absolute Gasteiger partial charge is 0.463 e. The molecule has 11 heteroatoms. The van der Waals surface area contributed by atoms with E-state index in [0.29, 0.717) is 32.5 Å². The van der Waals surface area contributed by atoms with Gasteiger partial charge < -0.3 is 37.9 Å². The normalized spacial score (nSPS) is 39.4. The van der Waals surface area contributed by atoms with Crippen LogP contribution in [0.25, 0.3) is 0 Å². The summed E-state index contributed by atoms with van der Waals surface area (Å²) >= 11 is 0. The van der Waals surface area contributed by atoms with Crippen molar-refractivity contribution in [3.05, 3.63) is 0 Å². The van der Waals surface area contributed by atoms with E-state index in [0.717, 1.165) is 53.3 Å². The van der Waals surface area contributed by atoms with E-state index >= 15 is 0 Å². The molecule has 2 atom stereocenters. The van der Waals surface area contributed by atoms with E-state index in [1.807, 2.05) is 6.92 Å². The van der Waals surface area contributed by atoms with Crippen molar-refractivity contribution in [1.29, 1.82) is 0 Å². The summed E-state index contributed by atoms with van der Waals surface area (Å²) in [4.78, 5) is 39.0. The first kappa shape index (κ1) is 44.4. The summed E-state index contributed by atoms with van der Waals surface area (Å²) in [6.07, 6.45) is 23.7. The van der Waals surface area contributed by atoms with Gasteiger partial charge >= 0.3 is 17.9 Å². The van der Waals surface area contributed by atoms with Gasteiger partial charge in [0.25, 0.3) is 0 Å². The minimum Gasteiger partial charge on any atom is -0.463 e. The minimum atomic E-state index is -0.428. The highest BCUT2D eigenvalue weighted by molar-refractivity contribution is 5.71. The average Bonchev–Trinajstić information content (AvgIpc) is 3.17. The number of carbonyl (C=O) groups is 3. The van der Waals surface area contributed by atoms with Crippen LogP contribution in [0.2, 0.25) is 0 Å². The van der Waals surface area contributed by atoms with Crippen molar-refractivity contribution < 1.29 is 52.3 Å². The van der Waals surface area contributed by atoms with Crippen LogP contribution in [0.5, 0.6) is 0 Å². The molecule has 0 aromatic rings. The van der Waals surface area contributed by atoms with Crippen LogP contribution in [0.1, 0.15) is 142 Å². The van der Waals surface area contributed by atoms with Crippen LogP contribution in [-0.2, 0) is 52.3 Å². The molecule has 12 aliphatic carbocycles. The smallest absolute Gasteiger partial charge is 0.306 e. The van der Waals surface area contributed by atoms with E-state index in [2.05, 4.69) is 0 Å².